The molecule has 0 aromatic heterocycles. The summed E-state index contributed by atoms with van der Waals surface area (Å²) in [5.41, 5.74) is 21.1. The number of benzene rings is 14. The number of aryl methyl sites for hydroxylation is 10. The fourth-order valence-corrected chi connectivity index (χ4v) is 14.7. The Hall–Kier alpha value is -12.3. The van der Waals surface area contributed by atoms with E-state index < -0.39 is 0 Å². The summed E-state index contributed by atoms with van der Waals surface area (Å²) in [4.78, 5) is 0. The van der Waals surface area contributed by atoms with Gasteiger partial charge in [0.15, 0.2) is 0 Å². The molecular weight excluding hydrogens is 1760 g/mol. The fraction of sp³-hybridized carbons (Fsp3) is 0.317. The molecule has 724 valence electrons. The summed E-state index contributed by atoms with van der Waals surface area (Å²) in [6.45, 7) is 33.9. The highest BCUT2D eigenvalue weighted by molar-refractivity contribution is 6.36. The molecule has 0 saturated carbocycles. The van der Waals surface area contributed by atoms with Crippen molar-refractivity contribution in [1.82, 2.24) is 0 Å². The van der Waals surface area contributed by atoms with Gasteiger partial charge in [-0.3, -0.25) is 0 Å². The van der Waals surface area contributed by atoms with Crippen molar-refractivity contribution in [2.24, 2.45) is 0 Å². The van der Waals surface area contributed by atoms with Gasteiger partial charge in [0.05, 0.1) is 26.9 Å². The predicted octanol–water partition coefficient (Wildman–Crippen LogP) is 34.4. The van der Waals surface area contributed by atoms with E-state index in [-0.39, 0.29) is 0 Å². The molecule has 0 atom stereocenters. The van der Waals surface area contributed by atoms with Crippen LogP contribution in [0.25, 0.3) is 0 Å². The second kappa shape index (κ2) is 64.7. The molecule has 0 unspecified atom stereocenters. The van der Waals surface area contributed by atoms with E-state index in [4.69, 9.17) is 86.9 Å². The van der Waals surface area contributed by atoms with E-state index in [0.717, 1.165) is 143 Å². The van der Waals surface area contributed by atoms with Crippen LogP contribution in [0, 0.1) is 41.5 Å². The van der Waals surface area contributed by atoms with Crippen molar-refractivity contribution >= 4 is 34.8 Å². The minimum absolute atomic E-state index is 0.329. The molecule has 0 radical (unpaired) electrons. The third-order valence-corrected chi connectivity index (χ3v) is 23.1. The van der Waals surface area contributed by atoms with Gasteiger partial charge in [-0.05, 0) is 300 Å². The summed E-state index contributed by atoms with van der Waals surface area (Å²) in [6, 6.07) is 107. The first-order valence-corrected chi connectivity index (χ1v) is 49.9. The first kappa shape index (κ1) is 110. The molecule has 14 rings (SSSR count). The molecule has 0 aliphatic carbocycles. The number of para-hydroxylation sites is 1. The van der Waals surface area contributed by atoms with Crippen LogP contribution in [0.2, 0.25) is 15.1 Å². The molecule has 14 aromatic carbocycles. The summed E-state index contributed by atoms with van der Waals surface area (Å²) in [7, 11) is 1.66. The van der Waals surface area contributed by atoms with E-state index >= 15 is 0 Å². The fourth-order valence-electron chi connectivity index (χ4n) is 14.0. The predicted molar refractivity (Wildman–Crippen MR) is 572 cm³/mol. The zero-order valence-electron chi connectivity index (χ0n) is 83.4. The zero-order valence-corrected chi connectivity index (χ0v) is 85.7. The van der Waals surface area contributed by atoms with Gasteiger partial charge in [-0.2, -0.15) is 0 Å². The topological polar surface area (TPSA) is 102 Å². The SMILES string of the molecule is CCCCc1cccc(OCc2c(C)cccc2C)c1.CCCCc1cccc(OCc2ccc(C)cc2)c1.CCCCc1cccc(OCc2ccc(C)cc2)c1.CCCCc1cccc(OCc2ccc(Cl)cc2)c1.CCCOc1cccc(OCc2c(C)cccc2C)c1.CCCOc1cccc(OCc2c(Cl)cccc2Cl)c1.CCCOc1cccc(OCc2ccccc2OC)c1. The van der Waals surface area contributed by atoms with Crippen molar-refractivity contribution in [2.45, 2.75) is 233 Å². The van der Waals surface area contributed by atoms with Crippen LogP contribution in [0.3, 0.4) is 0 Å². The van der Waals surface area contributed by atoms with Gasteiger partial charge >= 0.3 is 0 Å². The summed E-state index contributed by atoms with van der Waals surface area (Å²) in [5.74, 6) is 9.56. The Kier molecular flexibility index (Phi) is 52.0. The molecule has 0 amide bonds. The lowest BCUT2D eigenvalue weighted by Gasteiger charge is -2.12. The van der Waals surface area contributed by atoms with E-state index in [1.54, 1.807) is 19.2 Å². The maximum Gasteiger partial charge on any atom is 0.125 e. The highest BCUT2D eigenvalue weighted by Gasteiger charge is 2.12. The van der Waals surface area contributed by atoms with E-state index in [1.807, 2.05) is 152 Å². The molecular formula is C123H145Cl3O11. The van der Waals surface area contributed by atoms with Crippen molar-refractivity contribution in [3.8, 4) is 63.2 Å². The van der Waals surface area contributed by atoms with Crippen molar-refractivity contribution < 1.29 is 52.1 Å². The van der Waals surface area contributed by atoms with Crippen molar-refractivity contribution in [3.63, 3.8) is 0 Å². The van der Waals surface area contributed by atoms with Crippen LogP contribution in [0.1, 0.15) is 214 Å². The number of hydrogen-bond acceptors (Lipinski definition) is 11. The van der Waals surface area contributed by atoms with Crippen molar-refractivity contribution in [3.05, 3.63) is 431 Å². The quantitative estimate of drug-likeness (QED) is 0.0365. The second-order valence-electron chi connectivity index (χ2n) is 33.8. The Morgan fingerprint density at radius 3 is 0.774 bits per heavy atom. The third-order valence-electron chi connectivity index (χ3n) is 22.2. The van der Waals surface area contributed by atoms with Gasteiger partial charge < -0.3 is 52.1 Å². The smallest absolute Gasteiger partial charge is 0.125 e. The lowest BCUT2D eigenvalue weighted by atomic mass is 10.0. The Balaban J connectivity index is 0.000000196. The van der Waals surface area contributed by atoms with E-state index in [0.29, 0.717) is 62.9 Å². The molecule has 0 aliphatic heterocycles. The Morgan fingerprint density at radius 1 is 0.212 bits per heavy atom. The summed E-state index contributed by atoms with van der Waals surface area (Å²) >= 11 is 18.1. The minimum Gasteiger partial charge on any atom is -0.496 e. The molecule has 0 spiro atoms. The average Bonchev–Trinajstić information content (AvgIpc) is 0.860. The Morgan fingerprint density at radius 2 is 0.467 bits per heavy atom. The zero-order chi connectivity index (χ0) is 97.8. The number of ether oxygens (including phenoxy) is 11. The van der Waals surface area contributed by atoms with E-state index in [2.05, 4.69) is 248 Å². The van der Waals surface area contributed by atoms with Gasteiger partial charge in [0.1, 0.15) is 109 Å². The molecule has 0 N–H and O–H groups in total. The Bertz CT molecular complexity index is 5160. The first-order valence-electron chi connectivity index (χ1n) is 48.7. The van der Waals surface area contributed by atoms with Crippen molar-refractivity contribution in [2.75, 3.05) is 26.9 Å². The highest BCUT2D eigenvalue weighted by atomic mass is 35.5. The first-order chi connectivity index (χ1) is 66.8. The normalized spacial score (nSPS) is 10.4. The summed E-state index contributed by atoms with van der Waals surface area (Å²) < 4.78 is 63.0. The summed E-state index contributed by atoms with van der Waals surface area (Å²) in [6.07, 6.45) is 17.3. The van der Waals surface area contributed by atoms with Gasteiger partial charge in [-0.1, -0.05) is 308 Å². The van der Waals surface area contributed by atoms with E-state index in [1.165, 1.54) is 129 Å². The van der Waals surface area contributed by atoms with Crippen LogP contribution in [0.5, 0.6) is 63.2 Å². The number of hydrogen-bond donors (Lipinski definition) is 0. The number of methoxy groups -OCH3 is 1. The van der Waals surface area contributed by atoms with Crippen LogP contribution in [0.4, 0.5) is 0 Å². The molecule has 14 heteroatoms. The van der Waals surface area contributed by atoms with Crippen LogP contribution < -0.4 is 52.1 Å². The lowest BCUT2D eigenvalue weighted by Crippen LogP contribution is -2.01. The Labute approximate surface area is 835 Å². The molecule has 0 bridgehead atoms. The minimum atomic E-state index is 0.329. The molecule has 0 heterocycles. The molecule has 0 fully saturated rings. The number of unbranched alkanes of at least 4 members (excludes halogenated alkanes) is 4. The molecule has 0 saturated heterocycles. The lowest BCUT2D eigenvalue weighted by molar-refractivity contribution is 0.289. The van der Waals surface area contributed by atoms with Crippen LogP contribution >= 0.6 is 34.8 Å². The van der Waals surface area contributed by atoms with Crippen LogP contribution in [0.15, 0.2) is 322 Å². The van der Waals surface area contributed by atoms with Crippen molar-refractivity contribution in [1.29, 1.82) is 0 Å². The number of rotatable bonds is 43. The maximum atomic E-state index is 6.11. The summed E-state index contributed by atoms with van der Waals surface area (Å²) in [5, 5.41) is 1.97. The maximum absolute atomic E-state index is 6.11. The van der Waals surface area contributed by atoms with Gasteiger partial charge in [-0.15, -0.1) is 0 Å². The van der Waals surface area contributed by atoms with Crippen LogP contribution in [-0.4, -0.2) is 26.9 Å². The van der Waals surface area contributed by atoms with E-state index in [9.17, 15) is 0 Å². The highest BCUT2D eigenvalue weighted by Crippen LogP contribution is 2.31. The van der Waals surface area contributed by atoms with Crippen LogP contribution in [-0.2, 0) is 71.9 Å². The van der Waals surface area contributed by atoms with Gasteiger partial charge in [0, 0.05) is 44.4 Å². The number of halogens is 3. The molecule has 14 aromatic rings. The largest absolute Gasteiger partial charge is 0.496 e. The standard InChI is InChI=1S/C19H24O.C18H22O2.2C18H22O.C17H19ClO.C17H20O3.C16H16Cl2O2/c1-4-5-10-17-11-7-12-18(13-17)20-14-19-15(2)8-6-9-16(19)3;1-4-11-19-16-9-6-10-17(12-16)20-13-18-14(2)7-5-8-15(18)3;2*1-3-4-6-16-7-5-8-18(13-16)19-14-17-11-9-15(2)10-12-17;1-2-3-5-14-6-4-7-17(12-14)19-13-15-8-10-16(18)11-9-15;1-3-11-19-15-8-6-9-16(12-15)20-13-14-7-4-5-10-17(14)18-2;1-2-9-19-12-5-3-6-13(10-12)20-11-14-15(17)7-4-8-16(14)18/h6-9,11-13H,4-5,10,14H2,1-3H3;5-10,12H,4,11,13H2,1-3H3;2*5,7-13H,3-4,6,14H2,1-2H3;4,6-12H,2-3,5,13H2,1H3;4-10,12H,3,11,13H2,1-2H3;3-8,10H,2,9,11H2,1H3. The molecule has 11 nitrogen and oxygen atoms in total. The van der Waals surface area contributed by atoms with Gasteiger partial charge in [-0.25, -0.2) is 0 Å². The molecule has 0 aliphatic rings. The van der Waals surface area contributed by atoms with Gasteiger partial charge in [0.25, 0.3) is 0 Å². The molecule has 137 heavy (non-hydrogen) atoms. The second-order valence-corrected chi connectivity index (χ2v) is 35.1. The monoisotopic (exact) mass is 1900 g/mol. The average molecular weight is 1910 g/mol. The van der Waals surface area contributed by atoms with Gasteiger partial charge in [0.2, 0.25) is 0 Å². The third kappa shape index (κ3) is 43.3.